The number of H-pyrrole nitrogens is 1. The molecule has 0 aliphatic rings. The molecule has 3 N–H and O–H groups in total. The summed E-state index contributed by atoms with van der Waals surface area (Å²) in [4.78, 5) is 24.8. The van der Waals surface area contributed by atoms with Crippen LogP contribution in [0.5, 0.6) is 0 Å². The molecule has 0 aliphatic heterocycles. The van der Waals surface area contributed by atoms with Crippen molar-refractivity contribution in [3.8, 4) is 11.1 Å². The van der Waals surface area contributed by atoms with Gasteiger partial charge in [0.15, 0.2) is 0 Å². The Bertz CT molecular complexity index is 855. The number of aromatic carboxylic acids is 1. The van der Waals surface area contributed by atoms with Crippen molar-refractivity contribution in [2.24, 2.45) is 0 Å². The van der Waals surface area contributed by atoms with Crippen LogP contribution >= 0.6 is 0 Å². The minimum absolute atomic E-state index is 0.157. The monoisotopic (exact) mass is 308 g/mol. The first-order valence-corrected chi connectivity index (χ1v) is 7.70. The van der Waals surface area contributed by atoms with E-state index in [1.807, 2.05) is 0 Å². The first-order chi connectivity index (χ1) is 9.76. The first-order valence-electron chi connectivity index (χ1n) is 5.80. The average molecular weight is 308 g/mol. The molecule has 0 aliphatic carbocycles. The third kappa shape index (κ3) is 3.69. The van der Waals surface area contributed by atoms with Gasteiger partial charge in [0.1, 0.15) is 0 Å². The second-order valence-corrected chi connectivity index (χ2v) is 6.13. The molecule has 0 amide bonds. The van der Waals surface area contributed by atoms with Gasteiger partial charge in [-0.2, -0.15) is 0 Å². The van der Waals surface area contributed by atoms with Gasteiger partial charge in [0.2, 0.25) is 15.6 Å². The van der Waals surface area contributed by atoms with Gasteiger partial charge in [-0.3, -0.25) is 9.52 Å². The fourth-order valence-electron chi connectivity index (χ4n) is 1.85. The number of hydrogen-bond acceptors (Lipinski definition) is 4. The highest BCUT2D eigenvalue weighted by atomic mass is 32.2. The summed E-state index contributed by atoms with van der Waals surface area (Å²) < 4.78 is 24.7. The molecule has 0 fully saturated rings. The molecule has 8 heteroatoms. The summed E-state index contributed by atoms with van der Waals surface area (Å²) in [7, 11) is -3.43. The predicted molar refractivity (Wildman–Crippen MR) is 77.9 cm³/mol. The van der Waals surface area contributed by atoms with Crippen molar-refractivity contribution >= 4 is 21.7 Å². The van der Waals surface area contributed by atoms with Crippen molar-refractivity contribution in [1.29, 1.82) is 0 Å². The standard InChI is InChI=1S/C13H12N2O5S/c1-21(19,20)15-9-4-2-3-8(5-9)11-7-14-12(16)6-10(11)13(17)18/h2-7,15H,1H3,(H,14,16)(H,17,18). The SMILES string of the molecule is CS(=O)(=O)Nc1cccc(-c2c[nH]c(=O)cc2C(=O)O)c1. The van der Waals surface area contributed by atoms with Crippen molar-refractivity contribution in [1.82, 2.24) is 4.98 Å². The fraction of sp³-hybridized carbons (Fsp3) is 0.0769. The molecule has 0 unspecified atom stereocenters. The summed E-state index contributed by atoms with van der Waals surface area (Å²) in [5.41, 5.74) is 0.380. The van der Waals surface area contributed by atoms with Gasteiger partial charge in [0.05, 0.1) is 11.8 Å². The van der Waals surface area contributed by atoms with Gasteiger partial charge >= 0.3 is 5.97 Å². The van der Waals surface area contributed by atoms with Crippen LogP contribution in [0.15, 0.2) is 41.3 Å². The molecule has 7 nitrogen and oxygen atoms in total. The molecular weight excluding hydrogens is 296 g/mol. The molecule has 2 aromatic rings. The van der Waals surface area contributed by atoms with Crippen molar-refractivity contribution in [3.63, 3.8) is 0 Å². The van der Waals surface area contributed by atoms with Gasteiger partial charge in [-0.25, -0.2) is 13.2 Å². The largest absolute Gasteiger partial charge is 0.478 e. The van der Waals surface area contributed by atoms with Crippen LogP contribution in [0.3, 0.4) is 0 Å². The van der Waals surface area contributed by atoms with E-state index in [1.54, 1.807) is 12.1 Å². The van der Waals surface area contributed by atoms with Gasteiger partial charge in [-0.15, -0.1) is 0 Å². The second kappa shape index (κ2) is 5.41. The minimum atomic E-state index is -3.43. The van der Waals surface area contributed by atoms with Crippen LogP contribution in [0, 0.1) is 0 Å². The van der Waals surface area contributed by atoms with E-state index >= 15 is 0 Å². The molecule has 0 atom stereocenters. The molecule has 0 saturated carbocycles. The summed E-state index contributed by atoms with van der Waals surface area (Å²) in [5, 5.41) is 9.14. The zero-order valence-corrected chi connectivity index (χ0v) is 11.8. The Morgan fingerprint density at radius 3 is 2.62 bits per heavy atom. The van der Waals surface area contributed by atoms with Gasteiger partial charge in [-0.05, 0) is 17.7 Å². The summed E-state index contributed by atoms with van der Waals surface area (Å²) in [6.45, 7) is 0. The lowest BCUT2D eigenvalue weighted by Gasteiger charge is -2.08. The highest BCUT2D eigenvalue weighted by Gasteiger charge is 2.13. The molecule has 1 aromatic heterocycles. The minimum Gasteiger partial charge on any atom is -0.478 e. The Hall–Kier alpha value is -2.61. The number of aromatic amines is 1. The van der Waals surface area contributed by atoms with Crippen LogP contribution < -0.4 is 10.3 Å². The maximum Gasteiger partial charge on any atom is 0.336 e. The fourth-order valence-corrected chi connectivity index (χ4v) is 2.41. The van der Waals surface area contributed by atoms with E-state index in [2.05, 4.69) is 9.71 Å². The third-order valence-corrected chi connectivity index (χ3v) is 3.24. The van der Waals surface area contributed by atoms with E-state index in [0.717, 1.165) is 12.3 Å². The van der Waals surface area contributed by atoms with Crippen LogP contribution in [0.1, 0.15) is 10.4 Å². The molecule has 0 bridgehead atoms. The first kappa shape index (κ1) is 14.8. The molecule has 110 valence electrons. The predicted octanol–water partition coefficient (Wildman–Crippen LogP) is 1.11. The van der Waals surface area contributed by atoms with E-state index in [1.165, 1.54) is 18.3 Å². The molecule has 0 spiro atoms. The second-order valence-electron chi connectivity index (χ2n) is 4.38. The third-order valence-electron chi connectivity index (χ3n) is 2.63. The van der Waals surface area contributed by atoms with E-state index in [0.29, 0.717) is 16.8 Å². The van der Waals surface area contributed by atoms with Crippen LogP contribution in [-0.4, -0.2) is 30.7 Å². The van der Waals surface area contributed by atoms with Crippen molar-refractivity contribution in [2.45, 2.75) is 0 Å². The molecule has 2 rings (SSSR count). The molecule has 0 saturated heterocycles. The normalized spacial score (nSPS) is 11.1. The van der Waals surface area contributed by atoms with Crippen molar-refractivity contribution < 1.29 is 18.3 Å². The number of carboxylic acids is 1. The number of carboxylic acid groups (broad SMARTS) is 1. The van der Waals surface area contributed by atoms with Gasteiger partial charge in [0.25, 0.3) is 0 Å². The van der Waals surface area contributed by atoms with E-state index < -0.39 is 21.6 Å². The number of hydrogen-bond donors (Lipinski definition) is 3. The molecular formula is C13H12N2O5S. The Labute approximate surface area is 120 Å². The number of nitrogens with one attached hydrogen (secondary N) is 2. The highest BCUT2D eigenvalue weighted by molar-refractivity contribution is 7.92. The molecule has 1 heterocycles. The Morgan fingerprint density at radius 2 is 2.00 bits per heavy atom. The lowest BCUT2D eigenvalue weighted by atomic mass is 10.0. The molecule has 21 heavy (non-hydrogen) atoms. The summed E-state index contributed by atoms with van der Waals surface area (Å²) in [6, 6.07) is 7.21. The van der Waals surface area contributed by atoms with E-state index in [4.69, 9.17) is 5.11 Å². The van der Waals surface area contributed by atoms with Crippen molar-refractivity contribution in [2.75, 3.05) is 11.0 Å². The average Bonchev–Trinajstić information content (AvgIpc) is 2.36. The van der Waals surface area contributed by atoms with Crippen LogP contribution in [0.2, 0.25) is 0 Å². The lowest BCUT2D eigenvalue weighted by Crippen LogP contribution is -2.11. The van der Waals surface area contributed by atoms with Gasteiger partial charge in [-0.1, -0.05) is 12.1 Å². The Kier molecular flexibility index (Phi) is 3.81. The van der Waals surface area contributed by atoms with Crippen LogP contribution in [0.4, 0.5) is 5.69 Å². The van der Waals surface area contributed by atoms with E-state index in [-0.39, 0.29) is 5.56 Å². The number of carbonyl (C=O) groups is 1. The summed E-state index contributed by atoms with van der Waals surface area (Å²) >= 11 is 0. The maximum atomic E-state index is 11.2. The highest BCUT2D eigenvalue weighted by Crippen LogP contribution is 2.25. The zero-order valence-electron chi connectivity index (χ0n) is 11.0. The van der Waals surface area contributed by atoms with Gasteiger partial charge in [0, 0.05) is 23.5 Å². The maximum absolute atomic E-state index is 11.2. The number of sulfonamides is 1. The Balaban J connectivity index is 2.55. The molecule has 0 radical (unpaired) electrons. The number of aromatic nitrogens is 1. The lowest BCUT2D eigenvalue weighted by molar-refractivity contribution is 0.0697. The van der Waals surface area contributed by atoms with Crippen LogP contribution in [-0.2, 0) is 10.0 Å². The number of benzene rings is 1. The molecule has 1 aromatic carbocycles. The summed E-state index contributed by atoms with van der Waals surface area (Å²) in [5.74, 6) is -1.24. The Morgan fingerprint density at radius 1 is 1.29 bits per heavy atom. The van der Waals surface area contributed by atoms with E-state index in [9.17, 15) is 18.0 Å². The summed E-state index contributed by atoms with van der Waals surface area (Å²) in [6.07, 6.45) is 2.30. The van der Waals surface area contributed by atoms with Crippen LogP contribution in [0.25, 0.3) is 11.1 Å². The quantitative estimate of drug-likeness (QED) is 0.782. The number of pyridine rings is 1. The topological polar surface area (TPSA) is 116 Å². The van der Waals surface area contributed by atoms with Gasteiger partial charge < -0.3 is 10.1 Å². The zero-order chi connectivity index (χ0) is 15.6. The number of anilines is 1. The number of rotatable bonds is 4. The van der Waals surface area contributed by atoms with Crippen molar-refractivity contribution in [3.05, 3.63) is 52.4 Å². The smallest absolute Gasteiger partial charge is 0.336 e.